The molecule has 0 unspecified atom stereocenters. The zero-order valence-corrected chi connectivity index (χ0v) is 41.8. The van der Waals surface area contributed by atoms with Gasteiger partial charge in [-0.2, -0.15) is 0 Å². The fourth-order valence-electron chi connectivity index (χ4n) is 13.1. The molecular weight excluding hydrogens is 769 g/mol. The van der Waals surface area contributed by atoms with Crippen molar-refractivity contribution in [3.63, 3.8) is 0 Å². The fraction of sp³-hybridized carbons (Fsp3) is 0.904. The van der Waals surface area contributed by atoms with Crippen molar-refractivity contribution in [3.05, 3.63) is 0 Å². The number of rotatable bonds is 16. The van der Waals surface area contributed by atoms with E-state index in [4.69, 9.17) is 18.9 Å². The molecule has 0 N–H and O–H groups in total. The highest BCUT2D eigenvalue weighted by Gasteiger charge is 2.61. The maximum atomic E-state index is 13.9. The zero-order chi connectivity index (χ0) is 46.4. The first kappa shape index (κ1) is 51.2. The zero-order valence-electron chi connectivity index (χ0n) is 41.8. The second-order valence-corrected chi connectivity index (χ2v) is 26.0. The minimum atomic E-state index is -1.01. The molecule has 8 atom stereocenters. The highest BCUT2D eigenvalue weighted by molar-refractivity contribution is 5.80. The molecule has 9 nitrogen and oxygen atoms in total. The summed E-state index contributed by atoms with van der Waals surface area (Å²) in [5.74, 6) is 1.55. The Morgan fingerprint density at radius 2 is 1.03 bits per heavy atom. The Labute approximate surface area is 371 Å². The van der Waals surface area contributed by atoms with Crippen molar-refractivity contribution >= 4 is 29.7 Å². The highest BCUT2D eigenvalue weighted by Crippen LogP contribution is 2.67. The van der Waals surface area contributed by atoms with Gasteiger partial charge in [-0.25, -0.2) is 0 Å². The molecule has 0 bridgehead atoms. The predicted octanol–water partition coefficient (Wildman–Crippen LogP) is 11.9. The van der Waals surface area contributed by atoms with Crippen LogP contribution in [0.5, 0.6) is 0 Å². The number of carbonyl (C=O) groups is 5. The second-order valence-electron chi connectivity index (χ2n) is 26.0. The van der Waals surface area contributed by atoms with Crippen LogP contribution in [-0.4, -0.2) is 55.1 Å². The van der Waals surface area contributed by atoms with E-state index in [-0.39, 0.29) is 52.9 Å². The van der Waals surface area contributed by atoms with Gasteiger partial charge in [-0.05, 0) is 191 Å². The SMILES string of the molecule is CC(=O)[C@H]1CC[C@H]2[C@@H]3CC[C@H]4C[C@@H](OC(=O)C(C)(C)CCC(C)(C)C(=O)OC(COC(=O)C(C)(C)CC(C)(C)C)COC(=O)C(C)(C)CC(C)(C)C)CC[C@]4(C)[C@H]3CC[C@]12C. The van der Waals surface area contributed by atoms with E-state index in [0.29, 0.717) is 55.1 Å². The van der Waals surface area contributed by atoms with Crippen molar-refractivity contribution in [1.29, 1.82) is 0 Å². The van der Waals surface area contributed by atoms with Crippen LogP contribution >= 0.6 is 0 Å². The lowest BCUT2D eigenvalue weighted by Crippen LogP contribution is -2.54. The van der Waals surface area contributed by atoms with E-state index in [1.165, 1.54) is 19.3 Å². The fourth-order valence-corrected chi connectivity index (χ4v) is 13.1. The topological polar surface area (TPSA) is 122 Å². The Kier molecular flexibility index (Phi) is 15.3. The molecule has 4 rings (SSSR count). The number of esters is 4. The van der Waals surface area contributed by atoms with Gasteiger partial charge in [-0.15, -0.1) is 0 Å². The minimum absolute atomic E-state index is 0.110. The number of ketones is 1. The molecule has 4 saturated carbocycles. The molecule has 0 radical (unpaired) electrons. The number of carbonyl (C=O) groups excluding carboxylic acids is 5. The number of hydrogen-bond donors (Lipinski definition) is 0. The molecule has 4 fully saturated rings. The van der Waals surface area contributed by atoms with Crippen LogP contribution in [0, 0.1) is 72.9 Å². The molecule has 0 heterocycles. The molecule has 350 valence electrons. The van der Waals surface area contributed by atoms with E-state index >= 15 is 0 Å². The highest BCUT2D eigenvalue weighted by atomic mass is 16.6. The van der Waals surface area contributed by atoms with Gasteiger partial charge in [0, 0.05) is 5.92 Å². The van der Waals surface area contributed by atoms with Gasteiger partial charge in [0.25, 0.3) is 0 Å². The maximum absolute atomic E-state index is 13.9. The van der Waals surface area contributed by atoms with Gasteiger partial charge in [0.2, 0.25) is 0 Å². The van der Waals surface area contributed by atoms with E-state index in [2.05, 4.69) is 55.4 Å². The lowest BCUT2D eigenvalue weighted by atomic mass is 9.44. The molecule has 9 heteroatoms. The third-order valence-corrected chi connectivity index (χ3v) is 16.0. The van der Waals surface area contributed by atoms with Gasteiger partial charge in [-0.3, -0.25) is 24.0 Å². The van der Waals surface area contributed by atoms with Crippen LogP contribution < -0.4 is 0 Å². The van der Waals surface area contributed by atoms with Crippen LogP contribution in [0.4, 0.5) is 0 Å². The van der Waals surface area contributed by atoms with Crippen LogP contribution in [0.3, 0.4) is 0 Å². The smallest absolute Gasteiger partial charge is 0.312 e. The van der Waals surface area contributed by atoms with Gasteiger partial charge in [0.15, 0.2) is 6.10 Å². The molecular formula is C52H88O9. The molecule has 4 aliphatic carbocycles. The molecule has 0 amide bonds. The Balaban J connectivity index is 1.35. The van der Waals surface area contributed by atoms with E-state index in [1.54, 1.807) is 20.8 Å². The Bertz CT molecular complexity index is 1560. The summed E-state index contributed by atoms with van der Waals surface area (Å²) >= 11 is 0. The summed E-state index contributed by atoms with van der Waals surface area (Å²) in [7, 11) is 0. The van der Waals surface area contributed by atoms with Gasteiger partial charge in [0.1, 0.15) is 25.1 Å². The Morgan fingerprint density at radius 1 is 0.557 bits per heavy atom. The summed E-state index contributed by atoms with van der Waals surface area (Å²) < 4.78 is 23.9. The van der Waals surface area contributed by atoms with Crippen molar-refractivity contribution in [3.8, 4) is 0 Å². The molecule has 0 spiro atoms. The van der Waals surface area contributed by atoms with Crippen molar-refractivity contribution in [1.82, 2.24) is 0 Å². The maximum Gasteiger partial charge on any atom is 0.312 e. The average molecular weight is 857 g/mol. The van der Waals surface area contributed by atoms with Crippen LogP contribution in [0.2, 0.25) is 0 Å². The first-order chi connectivity index (χ1) is 27.6. The lowest BCUT2D eigenvalue weighted by Gasteiger charge is -2.61. The molecule has 0 saturated heterocycles. The molecule has 0 aromatic heterocycles. The van der Waals surface area contributed by atoms with Crippen molar-refractivity contribution < 1.29 is 42.9 Å². The van der Waals surface area contributed by atoms with Crippen LogP contribution in [0.15, 0.2) is 0 Å². The van der Waals surface area contributed by atoms with Crippen molar-refractivity contribution in [2.75, 3.05) is 13.2 Å². The second kappa shape index (κ2) is 18.2. The van der Waals surface area contributed by atoms with Gasteiger partial charge in [0.05, 0.1) is 21.7 Å². The monoisotopic (exact) mass is 857 g/mol. The Morgan fingerprint density at radius 3 is 1.52 bits per heavy atom. The van der Waals surface area contributed by atoms with Gasteiger partial charge >= 0.3 is 23.9 Å². The van der Waals surface area contributed by atoms with Crippen molar-refractivity contribution in [2.45, 2.75) is 213 Å². The molecule has 0 aliphatic heterocycles. The molecule has 0 aromatic rings. The summed E-state index contributed by atoms with van der Waals surface area (Å²) in [6.07, 6.45) is 10.6. The van der Waals surface area contributed by atoms with Crippen LogP contribution in [0.1, 0.15) is 201 Å². The summed E-state index contributed by atoms with van der Waals surface area (Å²) in [6.45, 7) is 33.4. The summed E-state index contributed by atoms with van der Waals surface area (Å²) in [6, 6.07) is 0. The van der Waals surface area contributed by atoms with E-state index in [9.17, 15) is 24.0 Å². The standard InChI is InChI=1S/C52H88O9/c1-33(53)38-20-21-39-37-19-18-34-28-35(22-24-51(34,16)40(37)23-25-52(38,39)17)60-43(56)47(8,9)26-27-48(10,11)44(57)61-36(29-58-41(54)49(12,13)31-45(2,3)4)30-59-42(55)50(14,15)32-46(5,6)7/h34-40H,18-32H2,1-17H3/t34-,35-,37-,38+,39-,40-,51-,52+/m0/s1. The number of hydrogen-bond acceptors (Lipinski definition) is 9. The van der Waals surface area contributed by atoms with Crippen LogP contribution in [-0.2, 0) is 42.9 Å². The molecule has 0 aromatic carbocycles. The summed E-state index contributed by atoms with van der Waals surface area (Å²) in [4.78, 5) is 67.0. The van der Waals surface area contributed by atoms with Crippen LogP contribution in [0.25, 0.3) is 0 Å². The largest absolute Gasteiger partial charge is 0.462 e. The van der Waals surface area contributed by atoms with Gasteiger partial charge in [-0.1, -0.05) is 55.4 Å². The molecule has 61 heavy (non-hydrogen) atoms. The number of ether oxygens (including phenoxy) is 4. The van der Waals surface area contributed by atoms with Gasteiger partial charge < -0.3 is 18.9 Å². The quantitative estimate of drug-likeness (QED) is 0.110. The number of Topliss-reactive ketones (excluding diaryl/α,β-unsaturated/α-hetero) is 1. The third-order valence-electron chi connectivity index (χ3n) is 16.0. The predicted molar refractivity (Wildman–Crippen MR) is 240 cm³/mol. The lowest BCUT2D eigenvalue weighted by molar-refractivity contribution is -0.179. The molecule has 4 aliphatic rings. The van der Waals surface area contributed by atoms with E-state index in [1.807, 2.05) is 41.5 Å². The number of fused-ring (bicyclic) bond motifs is 5. The first-order valence-electron chi connectivity index (χ1n) is 23.9. The van der Waals surface area contributed by atoms with E-state index < -0.39 is 45.7 Å². The normalized spacial score (nSPS) is 29.8. The Hall–Kier alpha value is -2.45. The average Bonchev–Trinajstić information content (AvgIpc) is 3.47. The minimum Gasteiger partial charge on any atom is -0.462 e. The summed E-state index contributed by atoms with van der Waals surface area (Å²) in [5.41, 5.74) is -3.21. The van der Waals surface area contributed by atoms with Crippen molar-refractivity contribution in [2.24, 2.45) is 72.9 Å². The third kappa shape index (κ3) is 12.2. The van der Waals surface area contributed by atoms with E-state index in [0.717, 1.165) is 38.5 Å². The first-order valence-corrected chi connectivity index (χ1v) is 23.9. The summed E-state index contributed by atoms with van der Waals surface area (Å²) in [5, 5.41) is 0.